The number of rotatable bonds is 1. The fraction of sp³-hybridized carbons (Fsp3) is 0.182. The van der Waals surface area contributed by atoms with Gasteiger partial charge in [-0.1, -0.05) is 12.1 Å². The van der Waals surface area contributed by atoms with E-state index in [4.69, 9.17) is 9.84 Å². The summed E-state index contributed by atoms with van der Waals surface area (Å²) in [7, 11) is 0. The Morgan fingerprint density at radius 1 is 1.40 bits per heavy atom. The highest BCUT2D eigenvalue weighted by Crippen LogP contribution is 2.30. The second-order valence-corrected chi connectivity index (χ2v) is 3.42. The zero-order chi connectivity index (χ0) is 10.3. The second kappa shape index (κ2) is 3.10. The van der Waals surface area contributed by atoms with E-state index in [0.29, 0.717) is 12.3 Å². The summed E-state index contributed by atoms with van der Waals surface area (Å²) in [5, 5.41) is 9.10. The molecule has 0 fully saturated rings. The van der Waals surface area contributed by atoms with Crippen LogP contribution in [0.3, 0.4) is 0 Å². The Kier molecular flexibility index (Phi) is 1.76. The fourth-order valence-corrected chi connectivity index (χ4v) is 1.83. The molecular weight excluding hydrogens is 192 g/mol. The largest absolute Gasteiger partial charge is 0.485 e. The number of aromatic nitrogens is 2. The van der Waals surface area contributed by atoms with Crippen molar-refractivity contribution in [3.05, 3.63) is 42.0 Å². The van der Waals surface area contributed by atoms with Gasteiger partial charge in [-0.25, -0.2) is 4.98 Å². The Labute approximate surface area is 86.8 Å². The molecule has 0 amide bonds. The molecule has 4 heteroatoms. The van der Waals surface area contributed by atoms with Gasteiger partial charge in [0.1, 0.15) is 18.7 Å². The lowest BCUT2D eigenvalue weighted by Crippen LogP contribution is -2.12. The summed E-state index contributed by atoms with van der Waals surface area (Å²) in [6, 6.07) is 7.79. The van der Waals surface area contributed by atoms with E-state index in [-0.39, 0.29) is 6.61 Å². The third-order valence-electron chi connectivity index (χ3n) is 2.59. The molecule has 0 saturated carbocycles. The number of ether oxygens (including phenoxy) is 1. The van der Waals surface area contributed by atoms with Gasteiger partial charge in [-0.15, -0.1) is 0 Å². The minimum Gasteiger partial charge on any atom is -0.485 e. The Morgan fingerprint density at radius 3 is 3.13 bits per heavy atom. The van der Waals surface area contributed by atoms with Gasteiger partial charge in [0.25, 0.3) is 0 Å². The van der Waals surface area contributed by atoms with Gasteiger partial charge in [0.2, 0.25) is 0 Å². The number of aliphatic hydroxyl groups is 1. The van der Waals surface area contributed by atoms with Crippen LogP contribution >= 0.6 is 0 Å². The Hall–Kier alpha value is -1.81. The lowest BCUT2D eigenvalue weighted by molar-refractivity contribution is 0.258. The molecule has 2 heterocycles. The van der Waals surface area contributed by atoms with Crippen LogP contribution in [-0.4, -0.2) is 14.7 Å². The maximum Gasteiger partial charge on any atom is 0.143 e. The lowest BCUT2D eigenvalue weighted by Gasteiger charge is -2.19. The summed E-state index contributed by atoms with van der Waals surface area (Å²) in [5.74, 6) is 0.854. The number of hydrogen-bond donors (Lipinski definition) is 1. The number of nitrogens with zero attached hydrogens (tertiary/aromatic N) is 2. The molecule has 1 N–H and O–H groups in total. The van der Waals surface area contributed by atoms with E-state index >= 15 is 0 Å². The average molecular weight is 202 g/mol. The second-order valence-electron chi connectivity index (χ2n) is 3.42. The minimum absolute atomic E-state index is 0.0478. The van der Waals surface area contributed by atoms with E-state index < -0.39 is 0 Å². The standard InChI is InChI=1S/C11H10N2O2/c14-5-8-10-6-15-11-4-2-1-3-9(11)13(10)7-12-8/h1-4,7,14H,5-6H2. The van der Waals surface area contributed by atoms with Gasteiger partial charge in [-0.05, 0) is 12.1 Å². The number of benzene rings is 1. The molecule has 1 aliphatic rings. The molecule has 15 heavy (non-hydrogen) atoms. The predicted octanol–water partition coefficient (Wildman–Crippen LogP) is 1.26. The number of imidazole rings is 1. The Morgan fingerprint density at radius 2 is 2.27 bits per heavy atom. The molecule has 1 aliphatic heterocycles. The predicted molar refractivity (Wildman–Crippen MR) is 53.8 cm³/mol. The first-order valence-electron chi connectivity index (χ1n) is 4.78. The van der Waals surface area contributed by atoms with Crippen molar-refractivity contribution in [2.75, 3.05) is 0 Å². The van der Waals surface area contributed by atoms with E-state index in [1.165, 1.54) is 0 Å². The molecule has 1 aromatic heterocycles. The van der Waals surface area contributed by atoms with Crippen molar-refractivity contribution < 1.29 is 9.84 Å². The molecule has 2 aromatic rings. The maximum absolute atomic E-state index is 9.10. The highest BCUT2D eigenvalue weighted by Gasteiger charge is 2.19. The summed E-state index contributed by atoms with van der Waals surface area (Å²) in [6.07, 6.45) is 1.72. The zero-order valence-corrected chi connectivity index (χ0v) is 8.05. The number of fused-ring (bicyclic) bond motifs is 3. The zero-order valence-electron chi connectivity index (χ0n) is 8.05. The van der Waals surface area contributed by atoms with Crippen molar-refractivity contribution in [2.24, 2.45) is 0 Å². The molecule has 0 spiro atoms. The summed E-state index contributed by atoms with van der Waals surface area (Å²) < 4.78 is 7.54. The quantitative estimate of drug-likeness (QED) is 0.757. The molecular formula is C11H10N2O2. The van der Waals surface area contributed by atoms with Crippen molar-refractivity contribution >= 4 is 0 Å². The first-order chi connectivity index (χ1) is 7.40. The van der Waals surface area contributed by atoms with E-state index in [1.54, 1.807) is 6.33 Å². The van der Waals surface area contributed by atoms with Gasteiger partial charge in [0.05, 0.1) is 23.7 Å². The molecule has 0 radical (unpaired) electrons. The maximum atomic E-state index is 9.10. The van der Waals surface area contributed by atoms with Crippen molar-refractivity contribution in [3.8, 4) is 11.4 Å². The highest BCUT2D eigenvalue weighted by atomic mass is 16.5. The van der Waals surface area contributed by atoms with Gasteiger partial charge < -0.3 is 9.84 Å². The van der Waals surface area contributed by atoms with Crippen LogP contribution < -0.4 is 4.74 Å². The summed E-state index contributed by atoms with van der Waals surface area (Å²) in [6.45, 7) is 0.417. The first kappa shape index (κ1) is 8.49. The van der Waals surface area contributed by atoms with Gasteiger partial charge >= 0.3 is 0 Å². The fourth-order valence-electron chi connectivity index (χ4n) is 1.83. The minimum atomic E-state index is -0.0478. The summed E-state index contributed by atoms with van der Waals surface area (Å²) in [4.78, 5) is 4.15. The van der Waals surface area contributed by atoms with Gasteiger partial charge in [-0.3, -0.25) is 4.57 Å². The van der Waals surface area contributed by atoms with Crippen molar-refractivity contribution in [1.82, 2.24) is 9.55 Å². The van der Waals surface area contributed by atoms with Crippen LogP contribution in [0.15, 0.2) is 30.6 Å². The average Bonchev–Trinajstić information content (AvgIpc) is 2.72. The highest BCUT2D eigenvalue weighted by molar-refractivity contribution is 5.49. The van der Waals surface area contributed by atoms with Crippen LogP contribution in [0.25, 0.3) is 5.69 Å². The van der Waals surface area contributed by atoms with Crippen LogP contribution in [-0.2, 0) is 13.2 Å². The normalized spacial score (nSPS) is 12.9. The Balaban J connectivity index is 2.22. The monoisotopic (exact) mass is 202 g/mol. The van der Waals surface area contributed by atoms with Crippen LogP contribution in [0.5, 0.6) is 5.75 Å². The van der Waals surface area contributed by atoms with E-state index in [1.807, 2.05) is 28.8 Å². The number of aliphatic hydroxyl groups excluding tert-OH is 1. The molecule has 0 saturated heterocycles. The van der Waals surface area contributed by atoms with Crippen LogP contribution in [0, 0.1) is 0 Å². The SMILES string of the molecule is OCc1ncn2c1COc1ccccc1-2. The molecule has 0 bridgehead atoms. The third-order valence-corrected chi connectivity index (χ3v) is 2.59. The van der Waals surface area contributed by atoms with Crippen molar-refractivity contribution in [2.45, 2.75) is 13.2 Å². The summed E-state index contributed by atoms with van der Waals surface area (Å²) in [5.41, 5.74) is 2.59. The van der Waals surface area contributed by atoms with Gasteiger partial charge in [0, 0.05) is 0 Å². The van der Waals surface area contributed by atoms with Crippen molar-refractivity contribution in [3.63, 3.8) is 0 Å². The number of para-hydroxylation sites is 2. The van der Waals surface area contributed by atoms with Gasteiger partial charge in [0.15, 0.2) is 0 Å². The van der Waals surface area contributed by atoms with E-state index in [2.05, 4.69) is 4.98 Å². The third kappa shape index (κ3) is 1.15. The summed E-state index contributed by atoms with van der Waals surface area (Å²) >= 11 is 0. The topological polar surface area (TPSA) is 47.3 Å². The lowest BCUT2D eigenvalue weighted by atomic mass is 10.2. The smallest absolute Gasteiger partial charge is 0.143 e. The Bertz CT molecular complexity index is 505. The van der Waals surface area contributed by atoms with E-state index in [9.17, 15) is 0 Å². The van der Waals surface area contributed by atoms with E-state index in [0.717, 1.165) is 17.1 Å². The molecule has 76 valence electrons. The van der Waals surface area contributed by atoms with Gasteiger partial charge in [-0.2, -0.15) is 0 Å². The molecule has 1 aromatic carbocycles. The molecule has 3 rings (SSSR count). The van der Waals surface area contributed by atoms with Crippen LogP contribution in [0.1, 0.15) is 11.4 Å². The molecule has 0 unspecified atom stereocenters. The molecule has 0 aliphatic carbocycles. The first-order valence-corrected chi connectivity index (χ1v) is 4.78. The number of hydrogen-bond acceptors (Lipinski definition) is 3. The van der Waals surface area contributed by atoms with Crippen LogP contribution in [0.2, 0.25) is 0 Å². The van der Waals surface area contributed by atoms with Crippen LogP contribution in [0.4, 0.5) is 0 Å². The molecule has 0 atom stereocenters. The van der Waals surface area contributed by atoms with Crippen molar-refractivity contribution in [1.29, 1.82) is 0 Å². The molecule has 4 nitrogen and oxygen atoms in total.